The van der Waals surface area contributed by atoms with Crippen LogP contribution in [0, 0.1) is 0 Å². The van der Waals surface area contributed by atoms with Crippen molar-refractivity contribution in [2.45, 2.75) is 6.54 Å². The van der Waals surface area contributed by atoms with E-state index >= 15 is 0 Å². The van der Waals surface area contributed by atoms with Gasteiger partial charge in [-0.2, -0.15) is 0 Å². The van der Waals surface area contributed by atoms with E-state index in [1.807, 2.05) is 24.3 Å². The monoisotopic (exact) mass is 277 g/mol. The van der Waals surface area contributed by atoms with Crippen molar-refractivity contribution in [1.29, 1.82) is 0 Å². The quantitative estimate of drug-likeness (QED) is 0.732. The standard InChI is InChI=1S/C18H15NO2/c20-16-9-7-15(8-10-16)19-11-14-6-5-13-3-1-2-4-17(13)18(14)21-12-19/h1-10,20H,11-12H2. The lowest BCUT2D eigenvalue weighted by atomic mass is 10.0. The topological polar surface area (TPSA) is 32.7 Å². The summed E-state index contributed by atoms with van der Waals surface area (Å²) in [4.78, 5) is 2.15. The molecule has 0 saturated carbocycles. The van der Waals surface area contributed by atoms with E-state index in [-0.39, 0.29) is 5.75 Å². The zero-order valence-corrected chi connectivity index (χ0v) is 11.5. The second kappa shape index (κ2) is 4.70. The number of hydrogen-bond donors (Lipinski definition) is 1. The number of anilines is 1. The molecule has 1 N–H and O–H groups in total. The zero-order chi connectivity index (χ0) is 14.2. The average Bonchev–Trinajstić information content (AvgIpc) is 2.55. The van der Waals surface area contributed by atoms with Crippen LogP contribution in [-0.2, 0) is 6.54 Å². The normalized spacial score (nSPS) is 13.8. The molecule has 1 aliphatic rings. The second-order valence-corrected chi connectivity index (χ2v) is 5.26. The van der Waals surface area contributed by atoms with E-state index in [2.05, 4.69) is 29.2 Å². The molecule has 0 radical (unpaired) electrons. The lowest BCUT2D eigenvalue weighted by Crippen LogP contribution is -2.31. The SMILES string of the molecule is Oc1ccc(N2COc3c(ccc4ccccc34)C2)cc1. The van der Waals surface area contributed by atoms with Crippen LogP contribution in [0.3, 0.4) is 0 Å². The molecular weight excluding hydrogens is 262 g/mol. The smallest absolute Gasteiger partial charge is 0.161 e. The zero-order valence-electron chi connectivity index (χ0n) is 11.5. The summed E-state index contributed by atoms with van der Waals surface area (Å²) in [5, 5.41) is 11.8. The highest BCUT2D eigenvalue weighted by atomic mass is 16.5. The van der Waals surface area contributed by atoms with Crippen molar-refractivity contribution in [3.05, 3.63) is 66.2 Å². The lowest BCUT2D eigenvalue weighted by molar-refractivity contribution is 0.293. The van der Waals surface area contributed by atoms with Gasteiger partial charge >= 0.3 is 0 Å². The Bertz CT molecular complexity index is 796. The maximum absolute atomic E-state index is 9.38. The van der Waals surface area contributed by atoms with Gasteiger partial charge in [-0.05, 0) is 29.7 Å². The molecule has 1 aliphatic heterocycles. The Kier molecular flexibility index (Phi) is 2.71. The van der Waals surface area contributed by atoms with Gasteiger partial charge in [0, 0.05) is 23.2 Å². The molecule has 0 aromatic heterocycles. The van der Waals surface area contributed by atoms with Gasteiger partial charge < -0.3 is 14.7 Å². The fraction of sp³-hybridized carbons (Fsp3) is 0.111. The molecule has 0 unspecified atom stereocenters. The first-order valence-electron chi connectivity index (χ1n) is 6.99. The lowest BCUT2D eigenvalue weighted by Gasteiger charge is -2.31. The van der Waals surface area contributed by atoms with Gasteiger partial charge in [0.25, 0.3) is 0 Å². The first-order chi connectivity index (χ1) is 10.3. The number of hydrogen-bond acceptors (Lipinski definition) is 3. The molecule has 3 nitrogen and oxygen atoms in total. The van der Waals surface area contributed by atoms with Gasteiger partial charge in [0.1, 0.15) is 11.5 Å². The van der Waals surface area contributed by atoms with Gasteiger partial charge in [-0.3, -0.25) is 0 Å². The number of fused-ring (bicyclic) bond motifs is 3. The molecule has 1 heterocycles. The van der Waals surface area contributed by atoms with Gasteiger partial charge in [0.15, 0.2) is 6.73 Å². The van der Waals surface area contributed by atoms with Gasteiger partial charge in [0.05, 0.1) is 0 Å². The van der Waals surface area contributed by atoms with Crippen molar-refractivity contribution >= 4 is 16.5 Å². The molecule has 4 rings (SSSR count). The van der Waals surface area contributed by atoms with Crippen LogP contribution in [0.15, 0.2) is 60.7 Å². The van der Waals surface area contributed by atoms with E-state index in [1.54, 1.807) is 12.1 Å². The van der Waals surface area contributed by atoms with Crippen LogP contribution in [0.25, 0.3) is 10.8 Å². The molecule has 0 spiro atoms. The van der Waals surface area contributed by atoms with Crippen LogP contribution in [-0.4, -0.2) is 11.8 Å². The van der Waals surface area contributed by atoms with Crippen LogP contribution >= 0.6 is 0 Å². The van der Waals surface area contributed by atoms with Crippen molar-refractivity contribution in [3.63, 3.8) is 0 Å². The molecule has 0 amide bonds. The number of rotatable bonds is 1. The minimum atomic E-state index is 0.281. The fourth-order valence-corrected chi connectivity index (χ4v) is 2.81. The molecule has 0 atom stereocenters. The number of aromatic hydroxyl groups is 1. The van der Waals surface area contributed by atoms with Crippen molar-refractivity contribution in [3.8, 4) is 11.5 Å². The van der Waals surface area contributed by atoms with E-state index in [9.17, 15) is 5.11 Å². The summed E-state index contributed by atoms with van der Waals surface area (Å²) in [7, 11) is 0. The van der Waals surface area contributed by atoms with Crippen molar-refractivity contribution in [1.82, 2.24) is 0 Å². The predicted molar refractivity (Wildman–Crippen MR) is 83.7 cm³/mol. The molecule has 104 valence electrons. The summed E-state index contributed by atoms with van der Waals surface area (Å²) in [6, 6.07) is 19.8. The maximum atomic E-state index is 9.38. The van der Waals surface area contributed by atoms with E-state index in [0.717, 1.165) is 18.0 Å². The van der Waals surface area contributed by atoms with Crippen LogP contribution in [0.5, 0.6) is 11.5 Å². The summed E-state index contributed by atoms with van der Waals surface area (Å²) < 4.78 is 6.00. The van der Waals surface area contributed by atoms with Crippen LogP contribution < -0.4 is 9.64 Å². The van der Waals surface area contributed by atoms with E-state index < -0.39 is 0 Å². The molecule has 0 saturated heterocycles. The highest BCUT2D eigenvalue weighted by Crippen LogP contribution is 2.35. The third-order valence-electron chi connectivity index (χ3n) is 3.90. The van der Waals surface area contributed by atoms with Gasteiger partial charge in [-0.1, -0.05) is 36.4 Å². The van der Waals surface area contributed by atoms with Crippen LogP contribution in [0.1, 0.15) is 5.56 Å². The Hall–Kier alpha value is -2.68. The third kappa shape index (κ3) is 2.07. The Morgan fingerprint density at radius 3 is 2.57 bits per heavy atom. The van der Waals surface area contributed by atoms with E-state index in [1.165, 1.54) is 16.3 Å². The summed E-state index contributed by atoms with van der Waals surface area (Å²) in [6.45, 7) is 1.33. The number of phenolic OH excluding ortho intramolecular Hbond substituents is 1. The molecule has 3 aromatic rings. The fourth-order valence-electron chi connectivity index (χ4n) is 2.81. The molecular formula is C18H15NO2. The highest BCUT2D eigenvalue weighted by Gasteiger charge is 2.19. The van der Waals surface area contributed by atoms with E-state index in [4.69, 9.17) is 4.74 Å². The van der Waals surface area contributed by atoms with Gasteiger partial charge in [-0.15, -0.1) is 0 Å². The molecule has 3 heteroatoms. The number of ether oxygens (including phenoxy) is 1. The van der Waals surface area contributed by atoms with Gasteiger partial charge in [0.2, 0.25) is 0 Å². The summed E-state index contributed by atoms with van der Waals surface area (Å²) in [5.74, 6) is 1.27. The Morgan fingerprint density at radius 1 is 0.905 bits per heavy atom. The minimum absolute atomic E-state index is 0.281. The number of nitrogens with zero attached hydrogens (tertiary/aromatic N) is 1. The molecule has 21 heavy (non-hydrogen) atoms. The Labute approximate surface area is 123 Å². The maximum Gasteiger partial charge on any atom is 0.161 e. The second-order valence-electron chi connectivity index (χ2n) is 5.26. The van der Waals surface area contributed by atoms with E-state index in [0.29, 0.717) is 6.73 Å². The summed E-state index contributed by atoms with van der Waals surface area (Å²) >= 11 is 0. The Morgan fingerprint density at radius 2 is 1.71 bits per heavy atom. The third-order valence-corrected chi connectivity index (χ3v) is 3.90. The molecule has 3 aromatic carbocycles. The van der Waals surface area contributed by atoms with Crippen molar-refractivity contribution < 1.29 is 9.84 Å². The summed E-state index contributed by atoms with van der Waals surface area (Å²) in [5.41, 5.74) is 2.24. The first-order valence-corrected chi connectivity index (χ1v) is 6.99. The molecule has 0 aliphatic carbocycles. The first kappa shape index (κ1) is 12.1. The molecule has 0 bridgehead atoms. The van der Waals surface area contributed by atoms with Gasteiger partial charge in [-0.25, -0.2) is 0 Å². The number of phenols is 1. The van der Waals surface area contributed by atoms with Crippen LogP contribution in [0.2, 0.25) is 0 Å². The minimum Gasteiger partial charge on any atom is -0.508 e. The Balaban J connectivity index is 1.72. The summed E-state index contributed by atoms with van der Waals surface area (Å²) in [6.07, 6.45) is 0. The number of benzene rings is 3. The van der Waals surface area contributed by atoms with Crippen molar-refractivity contribution in [2.24, 2.45) is 0 Å². The van der Waals surface area contributed by atoms with Crippen molar-refractivity contribution in [2.75, 3.05) is 11.6 Å². The largest absolute Gasteiger partial charge is 0.508 e. The predicted octanol–water partition coefficient (Wildman–Crippen LogP) is 3.90. The highest BCUT2D eigenvalue weighted by molar-refractivity contribution is 5.90. The molecule has 0 fully saturated rings. The average molecular weight is 277 g/mol. The van der Waals surface area contributed by atoms with Crippen LogP contribution in [0.4, 0.5) is 5.69 Å².